The van der Waals surface area contributed by atoms with Gasteiger partial charge in [-0.1, -0.05) is 13.8 Å². The number of rotatable bonds is 2. The number of aromatic hydroxyl groups is 1. The lowest BCUT2D eigenvalue weighted by Gasteiger charge is -2.14. The quantitative estimate of drug-likeness (QED) is 0.632. The molecule has 14 heavy (non-hydrogen) atoms. The van der Waals surface area contributed by atoms with Crippen LogP contribution >= 0.6 is 0 Å². The Labute approximate surface area is 83.6 Å². The molecule has 3 nitrogen and oxygen atoms in total. The van der Waals surface area contributed by atoms with Gasteiger partial charge in [-0.3, -0.25) is 0 Å². The van der Waals surface area contributed by atoms with Gasteiger partial charge in [0.05, 0.1) is 0 Å². The van der Waals surface area contributed by atoms with Gasteiger partial charge in [-0.05, 0) is 36.1 Å². The zero-order valence-electron chi connectivity index (χ0n) is 8.65. The van der Waals surface area contributed by atoms with Crippen LogP contribution in [0.5, 0.6) is 5.75 Å². The van der Waals surface area contributed by atoms with Gasteiger partial charge in [0.1, 0.15) is 5.75 Å². The highest BCUT2D eigenvalue weighted by molar-refractivity contribution is 5.43. The van der Waals surface area contributed by atoms with Crippen LogP contribution in [0.15, 0.2) is 12.1 Å². The predicted molar refractivity (Wildman–Crippen MR) is 54.1 cm³/mol. The van der Waals surface area contributed by atoms with E-state index in [2.05, 4.69) is 0 Å². The maximum Gasteiger partial charge on any atom is 0.182 e. The van der Waals surface area contributed by atoms with E-state index >= 15 is 0 Å². The Bertz CT molecular complexity index is 300. The summed E-state index contributed by atoms with van der Waals surface area (Å²) < 4.78 is 0. The van der Waals surface area contributed by atoms with E-state index in [9.17, 15) is 5.11 Å². The Hall–Kier alpha value is -1.06. The molecule has 0 aliphatic carbocycles. The first-order valence-electron chi connectivity index (χ1n) is 4.63. The smallest absolute Gasteiger partial charge is 0.182 e. The summed E-state index contributed by atoms with van der Waals surface area (Å²) in [5.74, 6) is 0.231. The second-order valence-corrected chi connectivity index (χ2v) is 3.80. The summed E-state index contributed by atoms with van der Waals surface area (Å²) in [5.41, 5.74) is 2.15. The zero-order valence-corrected chi connectivity index (χ0v) is 8.65. The van der Waals surface area contributed by atoms with Crippen molar-refractivity contribution < 1.29 is 15.3 Å². The highest BCUT2D eigenvalue weighted by atomic mass is 16.5. The van der Waals surface area contributed by atoms with Crippen molar-refractivity contribution in [3.8, 4) is 5.75 Å². The summed E-state index contributed by atoms with van der Waals surface area (Å²) in [6.07, 6.45) is -1.62. The molecule has 0 amide bonds. The Morgan fingerprint density at radius 2 is 1.64 bits per heavy atom. The van der Waals surface area contributed by atoms with Gasteiger partial charge in [-0.15, -0.1) is 0 Å². The number of phenolic OH excluding ortho intramolecular Hbond substituents is 1. The van der Waals surface area contributed by atoms with E-state index < -0.39 is 6.29 Å². The minimum Gasteiger partial charge on any atom is -0.507 e. The molecule has 1 rings (SSSR count). The standard InChI is InChI=1S/C11H16O3/c1-6(2)8-5-9(11(13)14)10(12)4-7(8)3/h4-6,11-14H,1-3H3. The van der Waals surface area contributed by atoms with Gasteiger partial charge in [0.15, 0.2) is 6.29 Å². The average molecular weight is 196 g/mol. The van der Waals surface area contributed by atoms with E-state index in [0.29, 0.717) is 5.92 Å². The Balaban J connectivity index is 3.27. The lowest BCUT2D eigenvalue weighted by molar-refractivity contribution is -0.0439. The van der Waals surface area contributed by atoms with E-state index in [-0.39, 0.29) is 11.3 Å². The molecule has 0 aliphatic rings. The molecule has 1 aromatic carbocycles. The Morgan fingerprint density at radius 1 is 1.07 bits per heavy atom. The lowest BCUT2D eigenvalue weighted by atomic mass is 9.95. The lowest BCUT2D eigenvalue weighted by Crippen LogP contribution is -2.00. The van der Waals surface area contributed by atoms with E-state index in [4.69, 9.17) is 10.2 Å². The molecule has 0 radical (unpaired) electrons. The Kier molecular flexibility index (Phi) is 3.13. The second kappa shape index (κ2) is 3.98. The molecular formula is C11H16O3. The third kappa shape index (κ3) is 2.05. The minimum atomic E-state index is -1.62. The van der Waals surface area contributed by atoms with Crippen molar-refractivity contribution in [1.29, 1.82) is 0 Å². The third-order valence-corrected chi connectivity index (χ3v) is 2.32. The fourth-order valence-electron chi connectivity index (χ4n) is 1.56. The summed E-state index contributed by atoms with van der Waals surface area (Å²) in [5, 5.41) is 27.4. The molecule has 3 heteroatoms. The molecule has 0 atom stereocenters. The van der Waals surface area contributed by atoms with Crippen LogP contribution in [0.1, 0.15) is 42.7 Å². The normalized spacial score (nSPS) is 11.4. The first kappa shape index (κ1) is 11.0. The zero-order chi connectivity index (χ0) is 10.9. The number of aliphatic hydroxyl groups is 2. The third-order valence-electron chi connectivity index (χ3n) is 2.32. The van der Waals surface area contributed by atoms with E-state index in [0.717, 1.165) is 11.1 Å². The van der Waals surface area contributed by atoms with E-state index in [1.807, 2.05) is 20.8 Å². The molecule has 0 heterocycles. The van der Waals surface area contributed by atoms with Crippen molar-refractivity contribution in [3.63, 3.8) is 0 Å². The highest BCUT2D eigenvalue weighted by Gasteiger charge is 2.13. The van der Waals surface area contributed by atoms with Crippen molar-refractivity contribution >= 4 is 0 Å². The summed E-state index contributed by atoms with van der Waals surface area (Å²) in [4.78, 5) is 0. The molecular weight excluding hydrogens is 180 g/mol. The SMILES string of the molecule is Cc1cc(O)c(C(O)O)cc1C(C)C. The molecule has 0 saturated carbocycles. The highest BCUT2D eigenvalue weighted by Crippen LogP contribution is 2.30. The summed E-state index contributed by atoms with van der Waals surface area (Å²) in [7, 11) is 0. The van der Waals surface area contributed by atoms with Crippen LogP contribution in [0, 0.1) is 6.92 Å². The number of benzene rings is 1. The van der Waals surface area contributed by atoms with Crippen LogP contribution in [0.3, 0.4) is 0 Å². The van der Waals surface area contributed by atoms with Crippen LogP contribution in [-0.4, -0.2) is 15.3 Å². The molecule has 0 saturated heterocycles. The number of hydrogen-bond donors (Lipinski definition) is 3. The van der Waals surface area contributed by atoms with E-state index in [1.54, 1.807) is 12.1 Å². The fourth-order valence-corrected chi connectivity index (χ4v) is 1.56. The predicted octanol–water partition coefficient (Wildman–Crippen LogP) is 1.81. The summed E-state index contributed by atoms with van der Waals surface area (Å²) in [6, 6.07) is 3.20. The molecule has 1 aromatic rings. The maximum absolute atomic E-state index is 9.45. The minimum absolute atomic E-state index is 0.0677. The number of aryl methyl sites for hydroxylation is 1. The van der Waals surface area contributed by atoms with Gasteiger partial charge in [-0.2, -0.15) is 0 Å². The molecule has 0 fully saturated rings. The molecule has 0 aromatic heterocycles. The maximum atomic E-state index is 9.45. The Morgan fingerprint density at radius 3 is 2.07 bits per heavy atom. The van der Waals surface area contributed by atoms with Gasteiger partial charge < -0.3 is 15.3 Å². The largest absolute Gasteiger partial charge is 0.507 e. The van der Waals surface area contributed by atoms with Crippen LogP contribution in [-0.2, 0) is 0 Å². The monoisotopic (exact) mass is 196 g/mol. The topological polar surface area (TPSA) is 60.7 Å². The van der Waals surface area contributed by atoms with Crippen molar-refractivity contribution in [2.45, 2.75) is 33.0 Å². The number of aliphatic hydroxyl groups excluding tert-OH is 1. The summed E-state index contributed by atoms with van der Waals surface area (Å²) >= 11 is 0. The van der Waals surface area contributed by atoms with Crippen LogP contribution in [0.4, 0.5) is 0 Å². The van der Waals surface area contributed by atoms with Crippen LogP contribution in [0.25, 0.3) is 0 Å². The first-order valence-corrected chi connectivity index (χ1v) is 4.63. The van der Waals surface area contributed by atoms with Gasteiger partial charge >= 0.3 is 0 Å². The van der Waals surface area contributed by atoms with Crippen molar-refractivity contribution in [3.05, 3.63) is 28.8 Å². The second-order valence-electron chi connectivity index (χ2n) is 3.80. The number of phenols is 1. The van der Waals surface area contributed by atoms with Gasteiger partial charge in [-0.25, -0.2) is 0 Å². The van der Waals surface area contributed by atoms with Gasteiger partial charge in [0.25, 0.3) is 0 Å². The van der Waals surface area contributed by atoms with Crippen molar-refractivity contribution in [2.75, 3.05) is 0 Å². The fraction of sp³-hybridized carbons (Fsp3) is 0.455. The molecule has 3 N–H and O–H groups in total. The van der Waals surface area contributed by atoms with Crippen LogP contribution in [0.2, 0.25) is 0 Å². The number of hydrogen-bond acceptors (Lipinski definition) is 3. The molecule has 0 aliphatic heterocycles. The first-order chi connectivity index (χ1) is 6.43. The van der Waals surface area contributed by atoms with Crippen molar-refractivity contribution in [2.24, 2.45) is 0 Å². The molecule has 0 spiro atoms. The van der Waals surface area contributed by atoms with Crippen LogP contribution < -0.4 is 0 Å². The molecule has 0 unspecified atom stereocenters. The molecule has 0 bridgehead atoms. The van der Waals surface area contributed by atoms with Crippen molar-refractivity contribution in [1.82, 2.24) is 0 Å². The van der Waals surface area contributed by atoms with E-state index in [1.165, 1.54) is 0 Å². The summed E-state index contributed by atoms with van der Waals surface area (Å²) in [6.45, 7) is 5.93. The van der Waals surface area contributed by atoms with Gasteiger partial charge in [0.2, 0.25) is 0 Å². The molecule has 78 valence electrons. The average Bonchev–Trinajstić information content (AvgIpc) is 2.02. The van der Waals surface area contributed by atoms with Gasteiger partial charge in [0, 0.05) is 5.56 Å².